The largest absolute Gasteiger partial charge is 0.228 e. The molecule has 0 radical (unpaired) electrons. The molecule has 9 aromatic carbocycles. The molecule has 0 bridgehead atoms. The van der Waals surface area contributed by atoms with E-state index in [0.717, 1.165) is 39.2 Å². The van der Waals surface area contributed by atoms with Crippen molar-refractivity contribution in [3.8, 4) is 67.3 Å². The summed E-state index contributed by atoms with van der Waals surface area (Å²) in [4.78, 5) is 10.5. The van der Waals surface area contributed by atoms with E-state index in [1.807, 2.05) is 29.5 Å². The molecule has 0 fully saturated rings. The SMILES string of the molecule is c1ccc(-c2nc(-c3ccc(-c4cccc5ccccc45)cc3)cc(-c3cc(-c4ccc5sc6ccccc6c5c4)cc(-c4cccc5ccccc45)c3)n2)cc1. The molecule has 0 amide bonds. The highest BCUT2D eigenvalue weighted by Gasteiger charge is 2.16. The number of hydrogen-bond acceptors (Lipinski definition) is 3. The summed E-state index contributed by atoms with van der Waals surface area (Å²) in [7, 11) is 0. The lowest BCUT2D eigenvalue weighted by Crippen LogP contribution is -1.97. The van der Waals surface area contributed by atoms with Gasteiger partial charge in [-0.1, -0.05) is 164 Å². The molecule has 11 rings (SSSR count). The maximum atomic E-state index is 5.30. The van der Waals surface area contributed by atoms with Crippen LogP contribution in [0.3, 0.4) is 0 Å². The molecular weight excluding hydrogens is 709 g/mol. The third-order valence-corrected chi connectivity index (χ3v) is 12.2. The summed E-state index contributed by atoms with van der Waals surface area (Å²) >= 11 is 1.85. The van der Waals surface area contributed by atoms with E-state index >= 15 is 0 Å². The highest BCUT2D eigenvalue weighted by Crippen LogP contribution is 2.40. The van der Waals surface area contributed by atoms with Crippen LogP contribution >= 0.6 is 11.3 Å². The molecule has 57 heavy (non-hydrogen) atoms. The molecule has 0 N–H and O–H groups in total. The molecule has 0 saturated heterocycles. The van der Waals surface area contributed by atoms with E-state index in [4.69, 9.17) is 9.97 Å². The van der Waals surface area contributed by atoms with Crippen molar-refractivity contribution < 1.29 is 0 Å². The van der Waals surface area contributed by atoms with E-state index in [1.165, 1.54) is 64.0 Å². The summed E-state index contributed by atoms with van der Waals surface area (Å²) in [6, 6.07) is 74.1. The smallest absolute Gasteiger partial charge is 0.160 e. The fourth-order valence-electron chi connectivity index (χ4n) is 8.24. The van der Waals surface area contributed by atoms with Gasteiger partial charge in [-0.2, -0.15) is 0 Å². The van der Waals surface area contributed by atoms with E-state index < -0.39 is 0 Å². The normalized spacial score (nSPS) is 11.5. The molecule has 0 aliphatic rings. The summed E-state index contributed by atoms with van der Waals surface area (Å²) < 4.78 is 2.60. The van der Waals surface area contributed by atoms with E-state index in [0.29, 0.717) is 5.82 Å². The van der Waals surface area contributed by atoms with Crippen molar-refractivity contribution in [2.24, 2.45) is 0 Å². The molecule has 0 aliphatic carbocycles. The van der Waals surface area contributed by atoms with Gasteiger partial charge in [-0.25, -0.2) is 9.97 Å². The van der Waals surface area contributed by atoms with Gasteiger partial charge in [0, 0.05) is 36.9 Å². The van der Waals surface area contributed by atoms with Gasteiger partial charge < -0.3 is 0 Å². The summed E-state index contributed by atoms with van der Waals surface area (Å²) in [5, 5.41) is 7.51. The van der Waals surface area contributed by atoms with Gasteiger partial charge in [-0.05, 0) is 97.4 Å². The topological polar surface area (TPSA) is 25.8 Å². The van der Waals surface area contributed by atoms with Gasteiger partial charge in [0.15, 0.2) is 5.82 Å². The van der Waals surface area contributed by atoms with Crippen LogP contribution in [0.5, 0.6) is 0 Å². The van der Waals surface area contributed by atoms with Crippen molar-refractivity contribution in [3.05, 3.63) is 206 Å². The summed E-state index contributed by atoms with van der Waals surface area (Å²) in [5.74, 6) is 0.699. The first kappa shape index (κ1) is 33.2. The third-order valence-electron chi connectivity index (χ3n) is 11.1. The average molecular weight is 743 g/mol. The van der Waals surface area contributed by atoms with Crippen LogP contribution in [0.15, 0.2) is 206 Å². The fraction of sp³-hybridized carbons (Fsp3) is 0. The molecular formula is C54H34N2S. The van der Waals surface area contributed by atoms with Gasteiger partial charge in [0.1, 0.15) is 0 Å². The third kappa shape index (κ3) is 6.06. The van der Waals surface area contributed by atoms with E-state index in [-0.39, 0.29) is 0 Å². The lowest BCUT2D eigenvalue weighted by Gasteiger charge is -2.15. The zero-order chi connectivity index (χ0) is 37.7. The van der Waals surface area contributed by atoms with Crippen LogP contribution in [0, 0.1) is 0 Å². The van der Waals surface area contributed by atoms with Gasteiger partial charge in [0.05, 0.1) is 11.4 Å². The number of fused-ring (bicyclic) bond motifs is 5. The molecule has 2 heterocycles. The number of nitrogens with zero attached hydrogens (tertiary/aromatic N) is 2. The van der Waals surface area contributed by atoms with Crippen molar-refractivity contribution in [1.82, 2.24) is 9.97 Å². The molecule has 2 aromatic heterocycles. The maximum absolute atomic E-state index is 5.30. The quantitative estimate of drug-likeness (QED) is 0.170. The predicted octanol–water partition coefficient (Wildman–Crippen LogP) is 15.2. The van der Waals surface area contributed by atoms with Crippen molar-refractivity contribution >= 4 is 53.1 Å². The van der Waals surface area contributed by atoms with Crippen LogP contribution in [0.1, 0.15) is 0 Å². The Bertz CT molecular complexity index is 3280. The second kappa shape index (κ2) is 13.8. The minimum Gasteiger partial charge on any atom is -0.228 e. The molecule has 11 aromatic rings. The van der Waals surface area contributed by atoms with Gasteiger partial charge in [0.25, 0.3) is 0 Å². The molecule has 0 atom stereocenters. The van der Waals surface area contributed by atoms with Gasteiger partial charge in [0.2, 0.25) is 0 Å². The lowest BCUT2D eigenvalue weighted by molar-refractivity contribution is 1.18. The van der Waals surface area contributed by atoms with Crippen LogP contribution in [0.4, 0.5) is 0 Å². The van der Waals surface area contributed by atoms with Gasteiger partial charge >= 0.3 is 0 Å². The second-order valence-electron chi connectivity index (χ2n) is 14.6. The van der Waals surface area contributed by atoms with Gasteiger partial charge in [-0.15, -0.1) is 11.3 Å². The Morgan fingerprint density at radius 1 is 0.281 bits per heavy atom. The zero-order valence-electron chi connectivity index (χ0n) is 30.9. The minimum atomic E-state index is 0.699. The Morgan fingerprint density at radius 3 is 1.54 bits per heavy atom. The number of aromatic nitrogens is 2. The first-order valence-corrected chi connectivity index (χ1v) is 20.1. The summed E-state index contributed by atoms with van der Waals surface area (Å²) in [6.07, 6.45) is 0. The standard InChI is InChI=1S/C54H34N2S/c1-2-14-39(15-3-1)54-55-50(38-26-24-37(25-27-38)46-21-10-16-35-12-4-6-18-44(35)46)34-51(56-54)43-31-41(30-42(32-43)47-22-11-17-36-13-5-7-19-45(36)47)40-28-29-53-49(33-40)48-20-8-9-23-52(48)57-53/h1-34H. The number of benzene rings is 9. The Hall–Kier alpha value is -7.20. The molecule has 0 spiro atoms. The number of hydrogen-bond donors (Lipinski definition) is 0. The Labute approximate surface area is 335 Å². The van der Waals surface area contributed by atoms with Gasteiger partial charge in [-0.3, -0.25) is 0 Å². The molecule has 0 saturated carbocycles. The highest BCUT2D eigenvalue weighted by atomic mass is 32.1. The van der Waals surface area contributed by atoms with E-state index in [1.54, 1.807) is 0 Å². The molecule has 0 aliphatic heterocycles. The van der Waals surface area contributed by atoms with Crippen molar-refractivity contribution in [1.29, 1.82) is 0 Å². The molecule has 0 unspecified atom stereocenters. The Kier molecular flexibility index (Phi) is 8.04. The van der Waals surface area contributed by atoms with Crippen LogP contribution in [-0.2, 0) is 0 Å². The highest BCUT2D eigenvalue weighted by molar-refractivity contribution is 7.25. The fourth-order valence-corrected chi connectivity index (χ4v) is 9.32. The van der Waals surface area contributed by atoms with Crippen molar-refractivity contribution in [2.45, 2.75) is 0 Å². The second-order valence-corrected chi connectivity index (χ2v) is 15.7. The number of thiophene rings is 1. The lowest BCUT2D eigenvalue weighted by atomic mass is 9.91. The van der Waals surface area contributed by atoms with Crippen molar-refractivity contribution in [3.63, 3.8) is 0 Å². The van der Waals surface area contributed by atoms with E-state index in [9.17, 15) is 0 Å². The summed E-state index contributed by atoms with van der Waals surface area (Å²) in [6.45, 7) is 0. The number of rotatable bonds is 6. The van der Waals surface area contributed by atoms with Crippen LogP contribution in [0.25, 0.3) is 109 Å². The molecule has 3 heteroatoms. The zero-order valence-corrected chi connectivity index (χ0v) is 31.7. The molecule has 2 nitrogen and oxygen atoms in total. The minimum absolute atomic E-state index is 0.699. The average Bonchev–Trinajstić information content (AvgIpc) is 3.67. The van der Waals surface area contributed by atoms with E-state index in [2.05, 4.69) is 188 Å². The van der Waals surface area contributed by atoms with Crippen LogP contribution in [-0.4, -0.2) is 9.97 Å². The first-order valence-electron chi connectivity index (χ1n) is 19.3. The summed E-state index contributed by atoms with van der Waals surface area (Å²) in [5.41, 5.74) is 11.9. The van der Waals surface area contributed by atoms with Crippen molar-refractivity contribution in [2.75, 3.05) is 0 Å². The van der Waals surface area contributed by atoms with Crippen LogP contribution < -0.4 is 0 Å². The first-order chi connectivity index (χ1) is 28.2. The molecule has 266 valence electrons. The predicted molar refractivity (Wildman–Crippen MR) is 243 cm³/mol. The maximum Gasteiger partial charge on any atom is 0.160 e. The Balaban J connectivity index is 1.10. The Morgan fingerprint density at radius 2 is 0.807 bits per heavy atom. The monoisotopic (exact) mass is 742 g/mol. The van der Waals surface area contributed by atoms with Crippen LogP contribution in [0.2, 0.25) is 0 Å².